The molecular weight excluding hydrogens is 569 g/mol. The molecule has 0 bridgehead atoms. The van der Waals surface area contributed by atoms with Gasteiger partial charge in [0.05, 0.1) is 5.56 Å². The van der Waals surface area contributed by atoms with Crippen molar-refractivity contribution in [1.29, 1.82) is 0 Å². The number of carbonyl (C=O) groups is 2. The van der Waals surface area contributed by atoms with Crippen LogP contribution in [0.3, 0.4) is 0 Å². The Morgan fingerprint density at radius 1 is 1.02 bits per heavy atom. The molecule has 42 heavy (non-hydrogen) atoms. The van der Waals surface area contributed by atoms with Crippen LogP contribution in [0.25, 0.3) is 5.57 Å². The van der Waals surface area contributed by atoms with Gasteiger partial charge in [-0.25, -0.2) is 4.98 Å². The first-order chi connectivity index (χ1) is 19.7. The Balaban J connectivity index is 0.00000405. The summed E-state index contributed by atoms with van der Waals surface area (Å²) in [6, 6.07) is 13.7. The molecule has 11 heteroatoms. The molecular formula is C31H30ClF3N4O3. The average molecular weight is 599 g/mol. The van der Waals surface area contributed by atoms with E-state index in [1.807, 2.05) is 12.1 Å². The van der Waals surface area contributed by atoms with Gasteiger partial charge < -0.3 is 20.6 Å². The molecule has 1 saturated heterocycles. The summed E-state index contributed by atoms with van der Waals surface area (Å²) in [4.78, 5) is 31.3. The number of fused-ring (bicyclic) bond motifs is 1. The van der Waals surface area contributed by atoms with Crippen molar-refractivity contribution in [2.45, 2.75) is 38.0 Å². The summed E-state index contributed by atoms with van der Waals surface area (Å²) >= 11 is 0. The standard InChI is InChI=1S/C31H29F3N4O3.ClH/c32-31(33,34)22-13-10-20(11-14-22)23(21-12-15-28(35-19-21)38-16-2-1-3-17-38)6-4-9-29(40)36-25-7-5-8-26-24(25)18-27(39)30(41)37-26;/h4-15,19,27,39H,1-3,16-18H2,(H,36,40)(H,37,41);1H. The largest absolute Gasteiger partial charge is 0.416 e. The van der Waals surface area contributed by atoms with Crippen molar-refractivity contribution in [1.82, 2.24) is 4.98 Å². The van der Waals surface area contributed by atoms with Crippen molar-refractivity contribution < 1.29 is 27.9 Å². The lowest BCUT2D eigenvalue weighted by Crippen LogP contribution is -2.34. The highest BCUT2D eigenvalue weighted by Crippen LogP contribution is 2.32. The molecule has 3 heterocycles. The third-order valence-electron chi connectivity index (χ3n) is 7.16. The number of pyridine rings is 1. The Kier molecular flexibility index (Phi) is 9.70. The Morgan fingerprint density at radius 2 is 1.74 bits per heavy atom. The number of carbonyl (C=O) groups excluding carboxylic acids is 2. The molecule has 1 unspecified atom stereocenters. The number of nitrogens with one attached hydrogen (secondary N) is 2. The lowest BCUT2D eigenvalue weighted by atomic mass is 9.97. The van der Waals surface area contributed by atoms with Gasteiger partial charge in [0.2, 0.25) is 5.91 Å². The molecule has 1 fully saturated rings. The zero-order chi connectivity index (χ0) is 29.0. The predicted octanol–water partition coefficient (Wildman–Crippen LogP) is 5.99. The SMILES string of the molecule is Cl.O=C(C=CC=C(c1ccc(C(F)(F)F)cc1)c1ccc(N2CCCCC2)nc1)Nc1cccc2c1CC(O)C(=O)N2. The number of aliphatic hydroxyl groups is 1. The Hall–Kier alpha value is -4.15. The van der Waals surface area contributed by atoms with Gasteiger partial charge in [0.1, 0.15) is 11.9 Å². The summed E-state index contributed by atoms with van der Waals surface area (Å²) < 4.78 is 39.5. The number of nitrogens with zero attached hydrogens (tertiary/aromatic N) is 2. The maximum Gasteiger partial charge on any atom is 0.416 e. The van der Waals surface area contributed by atoms with E-state index in [4.69, 9.17) is 0 Å². The van der Waals surface area contributed by atoms with Crippen molar-refractivity contribution in [3.63, 3.8) is 0 Å². The summed E-state index contributed by atoms with van der Waals surface area (Å²) in [5.74, 6) is -0.103. The number of hydrogen-bond acceptors (Lipinski definition) is 5. The van der Waals surface area contributed by atoms with Gasteiger partial charge in [0.15, 0.2) is 0 Å². The summed E-state index contributed by atoms with van der Waals surface area (Å²) in [6.45, 7) is 1.86. The fraction of sp³-hybridized carbons (Fsp3) is 0.258. The zero-order valence-corrected chi connectivity index (χ0v) is 23.3. The van der Waals surface area contributed by atoms with Crippen molar-refractivity contribution in [3.05, 3.63) is 101 Å². The molecule has 220 valence electrons. The number of aromatic nitrogens is 1. The number of halogens is 4. The van der Waals surface area contributed by atoms with Crippen LogP contribution in [-0.4, -0.2) is 41.1 Å². The number of hydrogen-bond donors (Lipinski definition) is 3. The van der Waals surface area contributed by atoms with Crippen LogP contribution in [0.5, 0.6) is 0 Å². The van der Waals surface area contributed by atoms with Crippen LogP contribution in [0, 0.1) is 0 Å². The summed E-state index contributed by atoms with van der Waals surface area (Å²) in [5.41, 5.74) is 2.68. The maximum absolute atomic E-state index is 13.2. The minimum atomic E-state index is -4.45. The monoisotopic (exact) mass is 598 g/mol. The van der Waals surface area contributed by atoms with Gasteiger partial charge in [0, 0.05) is 54.3 Å². The van der Waals surface area contributed by atoms with Gasteiger partial charge in [-0.2, -0.15) is 13.2 Å². The van der Waals surface area contributed by atoms with Gasteiger partial charge in [0.25, 0.3) is 5.91 Å². The van der Waals surface area contributed by atoms with Crippen LogP contribution in [0.1, 0.15) is 41.5 Å². The summed E-state index contributed by atoms with van der Waals surface area (Å²) in [7, 11) is 0. The third kappa shape index (κ3) is 7.18. The van der Waals surface area contributed by atoms with Crippen molar-refractivity contribution >= 4 is 47.0 Å². The molecule has 1 aromatic heterocycles. The molecule has 7 nitrogen and oxygen atoms in total. The zero-order valence-electron chi connectivity index (χ0n) is 22.5. The minimum absolute atomic E-state index is 0. The number of allylic oxidation sites excluding steroid dienone is 2. The second-order valence-electron chi connectivity index (χ2n) is 10.00. The van der Waals surface area contributed by atoms with E-state index in [1.165, 1.54) is 30.7 Å². The van der Waals surface area contributed by atoms with Crippen molar-refractivity contribution in [2.75, 3.05) is 28.6 Å². The predicted molar refractivity (Wildman–Crippen MR) is 159 cm³/mol. The molecule has 0 saturated carbocycles. The molecule has 2 aliphatic heterocycles. The molecule has 2 amide bonds. The van der Waals surface area contributed by atoms with E-state index >= 15 is 0 Å². The maximum atomic E-state index is 13.2. The smallest absolute Gasteiger partial charge is 0.383 e. The highest BCUT2D eigenvalue weighted by atomic mass is 35.5. The molecule has 5 rings (SSSR count). The highest BCUT2D eigenvalue weighted by Gasteiger charge is 2.30. The quantitative estimate of drug-likeness (QED) is 0.239. The van der Waals surface area contributed by atoms with E-state index < -0.39 is 29.7 Å². The minimum Gasteiger partial charge on any atom is -0.383 e. The second-order valence-corrected chi connectivity index (χ2v) is 10.00. The molecule has 2 aromatic carbocycles. The summed E-state index contributed by atoms with van der Waals surface area (Å²) in [6.07, 6.45) is 3.99. The van der Waals surface area contributed by atoms with Gasteiger partial charge in [-0.15, -0.1) is 12.4 Å². The summed E-state index contributed by atoms with van der Waals surface area (Å²) in [5, 5.41) is 15.3. The number of aliphatic hydroxyl groups excluding tert-OH is 1. The van der Waals surface area contributed by atoms with E-state index in [0.717, 1.165) is 43.9 Å². The first-order valence-electron chi connectivity index (χ1n) is 13.4. The van der Waals surface area contributed by atoms with Crippen LogP contribution < -0.4 is 15.5 Å². The van der Waals surface area contributed by atoms with E-state index in [2.05, 4.69) is 20.5 Å². The molecule has 1 atom stereocenters. The Labute approximate surface area is 247 Å². The first kappa shape index (κ1) is 30.8. The number of piperidine rings is 1. The van der Waals surface area contributed by atoms with E-state index in [-0.39, 0.29) is 18.8 Å². The molecule has 2 aliphatic rings. The van der Waals surface area contributed by atoms with E-state index in [1.54, 1.807) is 30.5 Å². The lowest BCUT2D eigenvalue weighted by Gasteiger charge is -2.27. The fourth-order valence-corrected chi connectivity index (χ4v) is 5.00. The van der Waals surface area contributed by atoms with Crippen molar-refractivity contribution in [3.8, 4) is 0 Å². The first-order valence-corrected chi connectivity index (χ1v) is 13.4. The van der Waals surface area contributed by atoms with Gasteiger partial charge >= 0.3 is 6.18 Å². The van der Waals surface area contributed by atoms with Crippen molar-refractivity contribution in [2.24, 2.45) is 0 Å². The van der Waals surface area contributed by atoms with Gasteiger partial charge in [-0.1, -0.05) is 30.4 Å². The second kappa shape index (κ2) is 13.2. The van der Waals surface area contributed by atoms with Crippen LogP contribution in [0.2, 0.25) is 0 Å². The Bertz CT molecular complexity index is 1480. The van der Waals surface area contributed by atoms with E-state index in [0.29, 0.717) is 33.6 Å². The van der Waals surface area contributed by atoms with Crippen LogP contribution in [-0.2, 0) is 22.2 Å². The molecule has 3 aromatic rings. The highest BCUT2D eigenvalue weighted by molar-refractivity contribution is 6.03. The fourth-order valence-electron chi connectivity index (χ4n) is 5.00. The van der Waals surface area contributed by atoms with Gasteiger partial charge in [-0.3, -0.25) is 9.59 Å². The van der Waals surface area contributed by atoms with Crippen LogP contribution in [0.15, 0.2) is 79.0 Å². The molecule has 0 spiro atoms. The van der Waals surface area contributed by atoms with Crippen LogP contribution >= 0.6 is 12.4 Å². The number of alkyl halides is 3. The third-order valence-corrected chi connectivity index (χ3v) is 7.16. The Morgan fingerprint density at radius 3 is 2.40 bits per heavy atom. The topological polar surface area (TPSA) is 94.6 Å². The molecule has 3 N–H and O–H groups in total. The lowest BCUT2D eigenvalue weighted by molar-refractivity contribution is -0.137. The van der Waals surface area contributed by atoms with E-state index in [9.17, 15) is 27.9 Å². The molecule has 0 radical (unpaired) electrons. The number of amides is 2. The number of rotatable bonds is 6. The van der Waals surface area contributed by atoms with Gasteiger partial charge in [-0.05, 0) is 66.8 Å². The molecule has 0 aliphatic carbocycles. The average Bonchev–Trinajstić information content (AvgIpc) is 2.97. The number of benzene rings is 2. The number of anilines is 3. The normalized spacial score (nSPS) is 17.3. The van der Waals surface area contributed by atoms with Crippen LogP contribution in [0.4, 0.5) is 30.4 Å².